The highest BCUT2D eigenvalue weighted by molar-refractivity contribution is 5.95. The minimum atomic E-state index is -0.771. The molecule has 7 heteroatoms. The van der Waals surface area contributed by atoms with E-state index < -0.39 is 17.2 Å². The van der Waals surface area contributed by atoms with Crippen LogP contribution < -0.4 is 10.1 Å². The number of hydrogen-bond acceptors (Lipinski definition) is 6. The maximum atomic E-state index is 12.9. The molecule has 0 aromatic heterocycles. The summed E-state index contributed by atoms with van der Waals surface area (Å²) in [6.07, 6.45) is 1.28. The van der Waals surface area contributed by atoms with E-state index in [1.54, 1.807) is 25.3 Å². The Labute approximate surface area is 173 Å². The fourth-order valence-electron chi connectivity index (χ4n) is 4.41. The van der Waals surface area contributed by atoms with Crippen LogP contribution in [0.5, 0.6) is 5.75 Å². The summed E-state index contributed by atoms with van der Waals surface area (Å²) in [5, 5.41) is 14.4. The van der Waals surface area contributed by atoms with Crippen LogP contribution in [0.2, 0.25) is 0 Å². The zero-order chi connectivity index (χ0) is 20.9. The number of carbonyl (C=O) groups is 1. The Morgan fingerprint density at radius 1 is 1.34 bits per heavy atom. The fraction of sp³-hybridized carbons (Fsp3) is 0.682. The summed E-state index contributed by atoms with van der Waals surface area (Å²) in [6.45, 7) is 8.17. The number of nitrogens with one attached hydrogen (secondary N) is 1. The monoisotopic (exact) mass is 406 g/mol. The van der Waals surface area contributed by atoms with Crippen molar-refractivity contribution in [3.63, 3.8) is 0 Å². The summed E-state index contributed by atoms with van der Waals surface area (Å²) in [5.74, 6) is 0.459. The molecule has 1 spiro atoms. The van der Waals surface area contributed by atoms with Crippen molar-refractivity contribution in [2.24, 2.45) is 0 Å². The topological polar surface area (TPSA) is 80.3 Å². The molecular weight excluding hydrogens is 372 g/mol. The van der Waals surface area contributed by atoms with Crippen LogP contribution in [-0.4, -0.2) is 79.7 Å². The summed E-state index contributed by atoms with van der Waals surface area (Å²) >= 11 is 0. The second-order valence-corrected chi connectivity index (χ2v) is 8.23. The highest BCUT2D eigenvalue weighted by Crippen LogP contribution is 2.40. The third-order valence-corrected chi connectivity index (χ3v) is 6.23. The van der Waals surface area contributed by atoms with Crippen molar-refractivity contribution in [3.8, 4) is 5.75 Å². The Kier molecular flexibility index (Phi) is 7.16. The standard InChI is InChI=1S/C22H34N2O5/c1-4-28-18-7-5-6-17(16-18)19(25)23-21(2)10-14-29-22(20(21)26)8-11-24(12-9-22)13-15-27-3/h5-7,16,20,26H,4,8-15H2,1-3H3,(H,23,25)/t20-,21+/m1/s1. The van der Waals surface area contributed by atoms with Gasteiger partial charge in [0.15, 0.2) is 0 Å². The van der Waals surface area contributed by atoms with Gasteiger partial charge in [0.1, 0.15) is 11.9 Å². The van der Waals surface area contributed by atoms with E-state index >= 15 is 0 Å². The Morgan fingerprint density at radius 3 is 2.79 bits per heavy atom. The minimum absolute atomic E-state index is 0.206. The van der Waals surface area contributed by atoms with Crippen LogP contribution in [0.4, 0.5) is 0 Å². The molecule has 2 aliphatic rings. The Bertz CT molecular complexity index is 690. The molecule has 0 aliphatic carbocycles. The molecule has 1 amide bonds. The molecule has 1 aromatic rings. The van der Waals surface area contributed by atoms with Crippen LogP contribution >= 0.6 is 0 Å². The Balaban J connectivity index is 1.68. The van der Waals surface area contributed by atoms with Crippen LogP contribution in [0, 0.1) is 0 Å². The largest absolute Gasteiger partial charge is 0.494 e. The predicted molar refractivity (Wildman–Crippen MR) is 110 cm³/mol. The number of nitrogens with zero attached hydrogens (tertiary/aromatic N) is 1. The second-order valence-electron chi connectivity index (χ2n) is 8.23. The lowest BCUT2D eigenvalue weighted by Crippen LogP contribution is -2.69. The van der Waals surface area contributed by atoms with Crippen molar-refractivity contribution >= 4 is 5.91 Å². The SMILES string of the molecule is CCOc1cccc(C(=O)N[C@@]2(C)CCOC3(CCN(CCOC)CC3)[C@@H]2O)c1. The molecule has 3 rings (SSSR count). The molecule has 7 nitrogen and oxygen atoms in total. The van der Waals surface area contributed by atoms with Gasteiger partial charge in [-0.25, -0.2) is 0 Å². The molecule has 2 saturated heterocycles. The van der Waals surface area contributed by atoms with Crippen LogP contribution in [0.3, 0.4) is 0 Å². The lowest BCUT2D eigenvalue weighted by atomic mass is 9.73. The van der Waals surface area contributed by atoms with Gasteiger partial charge >= 0.3 is 0 Å². The van der Waals surface area contributed by atoms with Gasteiger partial charge in [0.2, 0.25) is 0 Å². The van der Waals surface area contributed by atoms with E-state index in [9.17, 15) is 9.90 Å². The third-order valence-electron chi connectivity index (χ3n) is 6.23. The van der Waals surface area contributed by atoms with E-state index in [1.807, 2.05) is 19.9 Å². The molecule has 2 aliphatic heterocycles. The smallest absolute Gasteiger partial charge is 0.251 e. The number of methoxy groups -OCH3 is 1. The summed E-state index contributed by atoms with van der Waals surface area (Å²) in [7, 11) is 1.71. The maximum absolute atomic E-state index is 12.9. The number of amides is 1. The number of benzene rings is 1. The lowest BCUT2D eigenvalue weighted by Gasteiger charge is -2.53. The van der Waals surface area contributed by atoms with Gasteiger partial charge in [-0.05, 0) is 51.3 Å². The van der Waals surface area contributed by atoms with Gasteiger partial charge in [-0.2, -0.15) is 0 Å². The van der Waals surface area contributed by atoms with Crippen LogP contribution in [0.15, 0.2) is 24.3 Å². The van der Waals surface area contributed by atoms with Crippen molar-refractivity contribution in [1.29, 1.82) is 0 Å². The van der Waals surface area contributed by atoms with Gasteiger partial charge in [-0.15, -0.1) is 0 Å². The average molecular weight is 407 g/mol. The number of aliphatic hydroxyl groups is 1. The molecular formula is C22H34N2O5. The van der Waals surface area contributed by atoms with Gasteiger partial charge in [-0.3, -0.25) is 4.79 Å². The van der Waals surface area contributed by atoms with Crippen molar-refractivity contribution in [3.05, 3.63) is 29.8 Å². The van der Waals surface area contributed by atoms with Gasteiger partial charge in [0.05, 0.1) is 24.4 Å². The summed E-state index contributed by atoms with van der Waals surface area (Å²) in [6, 6.07) is 7.13. The lowest BCUT2D eigenvalue weighted by molar-refractivity contribution is -0.205. The van der Waals surface area contributed by atoms with Crippen LogP contribution in [0.25, 0.3) is 0 Å². The molecule has 2 N–H and O–H groups in total. The fourth-order valence-corrected chi connectivity index (χ4v) is 4.41. The van der Waals surface area contributed by atoms with Crippen molar-refractivity contribution < 1.29 is 24.1 Å². The van der Waals surface area contributed by atoms with Crippen molar-refractivity contribution in [2.45, 2.75) is 50.4 Å². The molecule has 29 heavy (non-hydrogen) atoms. The van der Waals surface area contributed by atoms with E-state index in [4.69, 9.17) is 14.2 Å². The van der Waals surface area contributed by atoms with Gasteiger partial charge < -0.3 is 29.5 Å². The predicted octanol–water partition coefficient (Wildman–Crippen LogP) is 1.84. The van der Waals surface area contributed by atoms with E-state index in [0.717, 1.165) is 32.5 Å². The quantitative estimate of drug-likeness (QED) is 0.719. The second kappa shape index (κ2) is 9.43. The first-order chi connectivity index (χ1) is 13.9. The van der Waals surface area contributed by atoms with Gasteiger partial charge in [0.25, 0.3) is 5.91 Å². The molecule has 0 bridgehead atoms. The minimum Gasteiger partial charge on any atom is -0.494 e. The third kappa shape index (κ3) is 4.91. The highest BCUT2D eigenvalue weighted by Gasteiger charge is 2.53. The van der Waals surface area contributed by atoms with E-state index in [0.29, 0.717) is 37.6 Å². The summed E-state index contributed by atoms with van der Waals surface area (Å²) in [5.41, 5.74) is -0.831. The van der Waals surface area contributed by atoms with E-state index in [2.05, 4.69) is 10.2 Å². The average Bonchev–Trinajstić information content (AvgIpc) is 2.72. The number of ether oxygens (including phenoxy) is 3. The first-order valence-corrected chi connectivity index (χ1v) is 10.5. The first-order valence-electron chi connectivity index (χ1n) is 10.5. The Hall–Kier alpha value is -1.67. The molecule has 0 unspecified atom stereocenters. The number of likely N-dealkylation sites (tertiary alicyclic amines) is 1. The maximum Gasteiger partial charge on any atom is 0.251 e. The van der Waals surface area contributed by atoms with Gasteiger partial charge in [0, 0.05) is 38.9 Å². The highest BCUT2D eigenvalue weighted by atomic mass is 16.5. The molecule has 0 saturated carbocycles. The number of piperidine rings is 1. The molecule has 2 heterocycles. The summed E-state index contributed by atoms with van der Waals surface area (Å²) < 4.78 is 16.8. The normalized spacial score (nSPS) is 27.0. The molecule has 2 fully saturated rings. The summed E-state index contributed by atoms with van der Waals surface area (Å²) in [4.78, 5) is 15.2. The number of aliphatic hydroxyl groups excluding tert-OH is 1. The molecule has 0 radical (unpaired) electrons. The molecule has 2 atom stereocenters. The zero-order valence-corrected chi connectivity index (χ0v) is 17.8. The Morgan fingerprint density at radius 2 is 2.10 bits per heavy atom. The zero-order valence-electron chi connectivity index (χ0n) is 17.8. The van der Waals surface area contributed by atoms with Crippen LogP contribution in [-0.2, 0) is 9.47 Å². The number of rotatable bonds is 7. The number of carbonyl (C=O) groups excluding carboxylic acids is 1. The molecule has 1 aromatic carbocycles. The van der Waals surface area contributed by atoms with Crippen molar-refractivity contribution in [1.82, 2.24) is 10.2 Å². The van der Waals surface area contributed by atoms with Gasteiger partial charge in [-0.1, -0.05) is 6.07 Å². The van der Waals surface area contributed by atoms with E-state index in [1.165, 1.54) is 0 Å². The number of hydrogen-bond donors (Lipinski definition) is 2. The van der Waals surface area contributed by atoms with Crippen molar-refractivity contribution in [2.75, 3.05) is 46.6 Å². The van der Waals surface area contributed by atoms with E-state index in [-0.39, 0.29) is 5.91 Å². The first kappa shape index (κ1) is 22.0. The molecule has 162 valence electrons. The van der Waals surface area contributed by atoms with Crippen LogP contribution in [0.1, 0.15) is 43.5 Å².